The first-order valence-corrected chi connectivity index (χ1v) is 8.65. The Balaban J connectivity index is 2.10. The fourth-order valence-electron chi connectivity index (χ4n) is 2.07. The van der Waals surface area contributed by atoms with Gasteiger partial charge in [-0.15, -0.1) is 22.7 Å². The van der Waals surface area contributed by atoms with E-state index in [0.717, 1.165) is 24.4 Å². The van der Waals surface area contributed by atoms with E-state index < -0.39 is 0 Å². The van der Waals surface area contributed by atoms with Gasteiger partial charge in [-0.3, -0.25) is 0 Å². The van der Waals surface area contributed by atoms with Gasteiger partial charge < -0.3 is 5.32 Å². The number of thiazole rings is 1. The van der Waals surface area contributed by atoms with Crippen molar-refractivity contribution in [2.75, 3.05) is 6.54 Å². The molecular weight excluding hydrogens is 272 g/mol. The summed E-state index contributed by atoms with van der Waals surface area (Å²) in [7, 11) is 0. The van der Waals surface area contributed by atoms with Crippen molar-refractivity contribution in [2.45, 2.75) is 46.1 Å². The second kappa shape index (κ2) is 7.17. The van der Waals surface area contributed by atoms with Crippen molar-refractivity contribution in [2.24, 2.45) is 0 Å². The Labute approximate surface area is 123 Å². The number of aryl methyl sites for hydroxylation is 2. The Morgan fingerprint density at radius 2 is 2.16 bits per heavy atom. The van der Waals surface area contributed by atoms with Gasteiger partial charge in [0.1, 0.15) is 0 Å². The molecule has 0 spiro atoms. The number of nitrogens with one attached hydrogen (secondary N) is 1. The Morgan fingerprint density at radius 1 is 1.32 bits per heavy atom. The molecule has 104 valence electrons. The first-order valence-electron chi connectivity index (χ1n) is 6.96. The molecule has 1 unspecified atom stereocenters. The van der Waals surface area contributed by atoms with Crippen molar-refractivity contribution in [3.05, 3.63) is 38.0 Å². The number of thiophene rings is 1. The molecule has 1 atom stereocenters. The first-order chi connectivity index (χ1) is 9.22. The van der Waals surface area contributed by atoms with Crippen molar-refractivity contribution in [1.82, 2.24) is 10.3 Å². The zero-order valence-electron chi connectivity index (χ0n) is 11.9. The second-order valence-electron chi connectivity index (χ2n) is 4.73. The van der Waals surface area contributed by atoms with Crippen molar-refractivity contribution in [1.29, 1.82) is 0 Å². The highest BCUT2D eigenvalue weighted by molar-refractivity contribution is 7.12. The predicted molar refractivity (Wildman–Crippen MR) is 85.3 cm³/mol. The SMILES string of the molecule is CCCNC(Cc1csc(C)n1)c1ccc(CC)s1. The topological polar surface area (TPSA) is 24.9 Å². The molecule has 0 bridgehead atoms. The van der Waals surface area contributed by atoms with E-state index in [0.29, 0.717) is 6.04 Å². The molecule has 4 heteroatoms. The molecule has 2 nitrogen and oxygen atoms in total. The van der Waals surface area contributed by atoms with Crippen LogP contribution in [0.15, 0.2) is 17.5 Å². The van der Waals surface area contributed by atoms with Gasteiger partial charge in [-0.25, -0.2) is 4.98 Å². The summed E-state index contributed by atoms with van der Waals surface area (Å²) in [5, 5.41) is 7.00. The van der Waals surface area contributed by atoms with Crippen LogP contribution in [0.5, 0.6) is 0 Å². The van der Waals surface area contributed by atoms with E-state index in [1.54, 1.807) is 11.3 Å². The van der Waals surface area contributed by atoms with E-state index >= 15 is 0 Å². The number of aromatic nitrogens is 1. The van der Waals surface area contributed by atoms with Crippen molar-refractivity contribution < 1.29 is 0 Å². The zero-order valence-corrected chi connectivity index (χ0v) is 13.5. The van der Waals surface area contributed by atoms with Gasteiger partial charge in [0.2, 0.25) is 0 Å². The van der Waals surface area contributed by atoms with Gasteiger partial charge >= 0.3 is 0 Å². The number of rotatable bonds is 7. The summed E-state index contributed by atoms with van der Waals surface area (Å²) in [6.45, 7) is 7.56. The Hall–Kier alpha value is -0.710. The fourth-order valence-corrected chi connectivity index (χ4v) is 3.73. The summed E-state index contributed by atoms with van der Waals surface area (Å²) >= 11 is 3.67. The van der Waals surface area contributed by atoms with Crippen LogP contribution >= 0.6 is 22.7 Å². The van der Waals surface area contributed by atoms with Gasteiger partial charge in [-0.05, 0) is 38.4 Å². The zero-order chi connectivity index (χ0) is 13.7. The number of hydrogen-bond donors (Lipinski definition) is 1. The summed E-state index contributed by atoms with van der Waals surface area (Å²) < 4.78 is 0. The average Bonchev–Trinajstić information content (AvgIpc) is 3.03. The van der Waals surface area contributed by atoms with Crippen molar-refractivity contribution in [3.8, 4) is 0 Å². The van der Waals surface area contributed by atoms with Crippen LogP contribution in [-0.4, -0.2) is 11.5 Å². The predicted octanol–water partition coefficient (Wildman–Crippen LogP) is 4.36. The minimum Gasteiger partial charge on any atom is -0.309 e. The van der Waals surface area contributed by atoms with Crippen LogP contribution in [0.1, 0.15) is 46.8 Å². The lowest BCUT2D eigenvalue weighted by Crippen LogP contribution is -2.23. The van der Waals surface area contributed by atoms with Crippen LogP contribution in [0.3, 0.4) is 0 Å². The third kappa shape index (κ3) is 4.13. The van der Waals surface area contributed by atoms with E-state index in [1.807, 2.05) is 11.3 Å². The van der Waals surface area contributed by atoms with E-state index in [9.17, 15) is 0 Å². The molecule has 0 aromatic carbocycles. The van der Waals surface area contributed by atoms with Crippen LogP contribution in [0.25, 0.3) is 0 Å². The van der Waals surface area contributed by atoms with Gasteiger partial charge in [0.15, 0.2) is 0 Å². The third-order valence-corrected chi connectivity index (χ3v) is 5.26. The van der Waals surface area contributed by atoms with Gasteiger partial charge in [0.05, 0.1) is 10.7 Å². The fraction of sp³-hybridized carbons (Fsp3) is 0.533. The van der Waals surface area contributed by atoms with Gasteiger partial charge in [0, 0.05) is 27.6 Å². The highest BCUT2D eigenvalue weighted by Crippen LogP contribution is 2.27. The van der Waals surface area contributed by atoms with Crippen molar-refractivity contribution in [3.63, 3.8) is 0 Å². The molecule has 19 heavy (non-hydrogen) atoms. The molecule has 0 aliphatic carbocycles. The smallest absolute Gasteiger partial charge is 0.0897 e. The molecule has 2 rings (SSSR count). The highest BCUT2D eigenvalue weighted by Gasteiger charge is 2.15. The van der Waals surface area contributed by atoms with Gasteiger partial charge in [-0.1, -0.05) is 13.8 Å². The van der Waals surface area contributed by atoms with Crippen LogP contribution in [-0.2, 0) is 12.8 Å². The van der Waals surface area contributed by atoms with E-state index in [4.69, 9.17) is 0 Å². The molecule has 0 aliphatic rings. The lowest BCUT2D eigenvalue weighted by atomic mass is 10.1. The summed E-state index contributed by atoms with van der Waals surface area (Å²) in [6, 6.07) is 4.94. The van der Waals surface area contributed by atoms with Gasteiger partial charge in [-0.2, -0.15) is 0 Å². The summed E-state index contributed by atoms with van der Waals surface area (Å²) in [5.74, 6) is 0. The Bertz CT molecular complexity index is 502. The molecule has 0 fully saturated rings. The molecule has 0 amide bonds. The average molecular weight is 294 g/mol. The molecule has 0 saturated heterocycles. The second-order valence-corrected chi connectivity index (χ2v) is 6.99. The maximum absolute atomic E-state index is 4.59. The summed E-state index contributed by atoms with van der Waals surface area (Å²) in [4.78, 5) is 7.50. The van der Waals surface area contributed by atoms with Crippen LogP contribution in [0.4, 0.5) is 0 Å². The summed E-state index contributed by atoms with van der Waals surface area (Å²) in [5.41, 5.74) is 1.21. The Morgan fingerprint density at radius 3 is 2.74 bits per heavy atom. The third-order valence-electron chi connectivity index (χ3n) is 3.09. The van der Waals surface area contributed by atoms with Crippen LogP contribution in [0, 0.1) is 6.92 Å². The maximum Gasteiger partial charge on any atom is 0.0897 e. The van der Waals surface area contributed by atoms with E-state index in [1.165, 1.54) is 21.9 Å². The molecule has 2 aromatic heterocycles. The quantitative estimate of drug-likeness (QED) is 0.820. The molecule has 0 radical (unpaired) electrons. The van der Waals surface area contributed by atoms with Crippen molar-refractivity contribution >= 4 is 22.7 Å². The molecule has 2 heterocycles. The number of hydrogen-bond acceptors (Lipinski definition) is 4. The van der Waals surface area contributed by atoms with E-state index in [-0.39, 0.29) is 0 Å². The minimum atomic E-state index is 0.409. The lowest BCUT2D eigenvalue weighted by molar-refractivity contribution is 0.532. The monoisotopic (exact) mass is 294 g/mol. The molecular formula is C15H22N2S2. The Kier molecular flexibility index (Phi) is 5.55. The first kappa shape index (κ1) is 14.7. The molecule has 0 saturated carbocycles. The molecule has 0 aliphatic heterocycles. The molecule has 1 N–H and O–H groups in total. The van der Waals surface area contributed by atoms with E-state index in [2.05, 4.69) is 48.6 Å². The minimum absolute atomic E-state index is 0.409. The normalized spacial score (nSPS) is 12.8. The van der Waals surface area contributed by atoms with Gasteiger partial charge in [0.25, 0.3) is 0 Å². The maximum atomic E-state index is 4.59. The number of nitrogens with zero attached hydrogens (tertiary/aromatic N) is 1. The molecule has 2 aromatic rings. The lowest BCUT2D eigenvalue weighted by Gasteiger charge is -2.16. The standard InChI is InChI=1S/C15H22N2S2/c1-4-8-16-14(9-12-10-18-11(3)17-12)15-7-6-13(5-2)19-15/h6-7,10,14,16H,4-5,8-9H2,1-3H3. The van der Waals surface area contributed by atoms with Crippen LogP contribution in [0.2, 0.25) is 0 Å². The van der Waals surface area contributed by atoms with Crippen LogP contribution < -0.4 is 5.32 Å². The summed E-state index contributed by atoms with van der Waals surface area (Å²) in [6.07, 6.45) is 3.29. The highest BCUT2D eigenvalue weighted by atomic mass is 32.1. The largest absolute Gasteiger partial charge is 0.309 e.